The molecular formula is C17H26N2O3S. The van der Waals surface area contributed by atoms with E-state index in [4.69, 9.17) is 0 Å². The third-order valence-electron chi connectivity index (χ3n) is 5.31. The molecule has 2 saturated heterocycles. The smallest absolute Gasteiger partial charge is 0.211 e. The van der Waals surface area contributed by atoms with Crippen molar-refractivity contribution >= 4 is 10.0 Å². The first kappa shape index (κ1) is 16.9. The van der Waals surface area contributed by atoms with Crippen LogP contribution in [-0.2, 0) is 16.6 Å². The highest BCUT2D eigenvalue weighted by molar-refractivity contribution is 7.88. The van der Waals surface area contributed by atoms with Gasteiger partial charge in [0, 0.05) is 26.2 Å². The standard InChI is InChI=1S/C17H26N2O3S/c1-14-4-6-15(7-5-14)12-18-11-9-17(16(20)13-18)8-3-10-19(17)23(2,21)22/h4-7,16,20H,3,8-13H2,1-2H3/t16-,17-/m0/s1. The van der Waals surface area contributed by atoms with E-state index in [-0.39, 0.29) is 0 Å². The van der Waals surface area contributed by atoms with Crippen LogP contribution in [-0.4, -0.2) is 60.3 Å². The number of aliphatic hydroxyl groups is 1. The van der Waals surface area contributed by atoms with E-state index in [9.17, 15) is 13.5 Å². The third kappa shape index (κ3) is 3.31. The maximum atomic E-state index is 12.1. The van der Waals surface area contributed by atoms with Crippen molar-refractivity contribution in [2.45, 2.75) is 44.4 Å². The predicted molar refractivity (Wildman–Crippen MR) is 90.6 cm³/mol. The molecular weight excluding hydrogens is 312 g/mol. The molecule has 2 aliphatic rings. The highest BCUT2D eigenvalue weighted by Crippen LogP contribution is 2.40. The largest absolute Gasteiger partial charge is 0.390 e. The lowest BCUT2D eigenvalue weighted by atomic mass is 9.83. The van der Waals surface area contributed by atoms with Crippen molar-refractivity contribution < 1.29 is 13.5 Å². The van der Waals surface area contributed by atoms with E-state index in [1.54, 1.807) is 4.31 Å². The van der Waals surface area contributed by atoms with Gasteiger partial charge in [-0.1, -0.05) is 29.8 Å². The number of sulfonamides is 1. The van der Waals surface area contributed by atoms with E-state index in [1.165, 1.54) is 17.4 Å². The van der Waals surface area contributed by atoms with Crippen LogP contribution in [0.5, 0.6) is 0 Å². The van der Waals surface area contributed by atoms with Gasteiger partial charge in [0.15, 0.2) is 0 Å². The fourth-order valence-electron chi connectivity index (χ4n) is 4.07. The lowest BCUT2D eigenvalue weighted by Gasteiger charge is -2.47. The van der Waals surface area contributed by atoms with Crippen LogP contribution in [0.2, 0.25) is 0 Å². The molecule has 23 heavy (non-hydrogen) atoms. The van der Waals surface area contributed by atoms with Gasteiger partial charge in [0.05, 0.1) is 17.9 Å². The van der Waals surface area contributed by atoms with Gasteiger partial charge >= 0.3 is 0 Å². The number of hydrogen-bond acceptors (Lipinski definition) is 4. The van der Waals surface area contributed by atoms with Crippen LogP contribution in [0.3, 0.4) is 0 Å². The SMILES string of the molecule is Cc1ccc(CN2CC[C@@]3(CCCN3S(C)(=O)=O)[C@@H](O)C2)cc1. The van der Waals surface area contributed by atoms with Gasteiger partial charge in [-0.25, -0.2) is 8.42 Å². The van der Waals surface area contributed by atoms with E-state index in [1.807, 2.05) is 0 Å². The second kappa shape index (κ2) is 6.16. The van der Waals surface area contributed by atoms with Crippen LogP contribution in [0.15, 0.2) is 24.3 Å². The Morgan fingerprint density at radius 3 is 2.52 bits per heavy atom. The monoisotopic (exact) mass is 338 g/mol. The molecule has 128 valence electrons. The number of hydrogen-bond donors (Lipinski definition) is 1. The number of piperidine rings is 1. The summed E-state index contributed by atoms with van der Waals surface area (Å²) < 4.78 is 25.7. The van der Waals surface area contributed by atoms with E-state index in [0.717, 1.165) is 25.9 Å². The van der Waals surface area contributed by atoms with E-state index in [0.29, 0.717) is 19.5 Å². The molecule has 0 amide bonds. The number of likely N-dealkylation sites (tertiary alicyclic amines) is 1. The van der Waals surface area contributed by atoms with Gasteiger partial charge in [-0.3, -0.25) is 4.90 Å². The number of β-amino-alcohol motifs (C(OH)–C–C–N with tert-alkyl or cyclic N) is 1. The van der Waals surface area contributed by atoms with E-state index >= 15 is 0 Å². The van der Waals surface area contributed by atoms with Crippen LogP contribution < -0.4 is 0 Å². The van der Waals surface area contributed by atoms with E-state index < -0.39 is 21.7 Å². The highest BCUT2D eigenvalue weighted by atomic mass is 32.2. The summed E-state index contributed by atoms with van der Waals surface area (Å²) in [5, 5.41) is 10.7. The van der Waals surface area contributed by atoms with Crippen molar-refractivity contribution in [3.63, 3.8) is 0 Å². The average molecular weight is 338 g/mol. The lowest BCUT2D eigenvalue weighted by Crippen LogP contribution is -2.62. The van der Waals surface area contributed by atoms with Gasteiger partial charge in [0.2, 0.25) is 10.0 Å². The topological polar surface area (TPSA) is 60.9 Å². The fourth-order valence-corrected chi connectivity index (χ4v) is 5.50. The van der Waals surface area contributed by atoms with Crippen LogP contribution in [0.25, 0.3) is 0 Å². The number of aryl methyl sites for hydroxylation is 1. The van der Waals surface area contributed by atoms with Gasteiger partial charge in [-0.2, -0.15) is 4.31 Å². The summed E-state index contributed by atoms with van der Waals surface area (Å²) in [6.07, 6.45) is 2.93. The summed E-state index contributed by atoms with van der Waals surface area (Å²) >= 11 is 0. The second-order valence-corrected chi connectivity index (χ2v) is 8.94. The molecule has 1 aromatic rings. The molecule has 1 aromatic carbocycles. The molecule has 2 atom stereocenters. The van der Waals surface area contributed by atoms with Crippen molar-refractivity contribution in [3.05, 3.63) is 35.4 Å². The molecule has 6 heteroatoms. The Morgan fingerprint density at radius 1 is 1.22 bits per heavy atom. The quantitative estimate of drug-likeness (QED) is 0.904. The normalized spacial score (nSPS) is 30.1. The summed E-state index contributed by atoms with van der Waals surface area (Å²) in [5.41, 5.74) is 1.88. The Bertz CT molecular complexity index is 659. The van der Waals surface area contributed by atoms with Crippen LogP contribution >= 0.6 is 0 Å². The summed E-state index contributed by atoms with van der Waals surface area (Å²) in [6.45, 7) is 4.75. The zero-order chi connectivity index (χ0) is 16.7. The van der Waals surface area contributed by atoms with Gasteiger partial charge in [-0.05, 0) is 31.7 Å². The zero-order valence-electron chi connectivity index (χ0n) is 13.9. The van der Waals surface area contributed by atoms with Crippen LogP contribution in [0.1, 0.15) is 30.4 Å². The lowest BCUT2D eigenvalue weighted by molar-refractivity contribution is -0.0380. The van der Waals surface area contributed by atoms with Gasteiger partial charge < -0.3 is 5.11 Å². The highest BCUT2D eigenvalue weighted by Gasteiger charge is 2.52. The molecule has 0 aliphatic carbocycles. The molecule has 0 radical (unpaired) electrons. The summed E-state index contributed by atoms with van der Waals surface area (Å²) in [4.78, 5) is 2.22. The molecule has 2 fully saturated rings. The number of benzene rings is 1. The average Bonchev–Trinajstić information content (AvgIpc) is 2.91. The first-order valence-electron chi connectivity index (χ1n) is 8.25. The Balaban J connectivity index is 1.71. The molecule has 5 nitrogen and oxygen atoms in total. The molecule has 0 bridgehead atoms. The van der Waals surface area contributed by atoms with E-state index in [2.05, 4.69) is 36.1 Å². The molecule has 0 unspecified atom stereocenters. The first-order valence-corrected chi connectivity index (χ1v) is 10.1. The minimum atomic E-state index is -3.27. The molecule has 3 rings (SSSR count). The summed E-state index contributed by atoms with van der Waals surface area (Å²) in [6, 6.07) is 8.42. The van der Waals surface area contributed by atoms with Gasteiger partial charge in [-0.15, -0.1) is 0 Å². The third-order valence-corrected chi connectivity index (χ3v) is 6.65. The Kier molecular flexibility index (Phi) is 4.53. The first-order chi connectivity index (χ1) is 10.8. The van der Waals surface area contributed by atoms with Gasteiger partial charge in [0.25, 0.3) is 0 Å². The number of rotatable bonds is 3. The fraction of sp³-hybridized carbons (Fsp3) is 0.647. The molecule has 2 heterocycles. The van der Waals surface area contributed by atoms with Crippen LogP contribution in [0, 0.1) is 6.92 Å². The zero-order valence-corrected chi connectivity index (χ0v) is 14.7. The van der Waals surface area contributed by atoms with Crippen molar-refractivity contribution in [2.24, 2.45) is 0 Å². The van der Waals surface area contributed by atoms with Gasteiger partial charge in [0.1, 0.15) is 0 Å². The summed E-state index contributed by atoms with van der Waals surface area (Å²) in [7, 11) is -3.27. The molecule has 1 N–H and O–H groups in total. The van der Waals surface area contributed by atoms with Crippen LogP contribution in [0.4, 0.5) is 0 Å². The Labute approximate surface area is 139 Å². The number of nitrogens with zero attached hydrogens (tertiary/aromatic N) is 2. The second-order valence-electron chi connectivity index (χ2n) is 7.03. The number of aliphatic hydroxyl groups excluding tert-OH is 1. The van der Waals surface area contributed by atoms with Crippen molar-refractivity contribution in [2.75, 3.05) is 25.9 Å². The minimum Gasteiger partial charge on any atom is -0.390 e. The van der Waals surface area contributed by atoms with Crippen molar-refractivity contribution in [1.29, 1.82) is 0 Å². The Morgan fingerprint density at radius 2 is 1.91 bits per heavy atom. The minimum absolute atomic E-state index is 0.528. The van der Waals surface area contributed by atoms with Crippen molar-refractivity contribution in [3.8, 4) is 0 Å². The molecule has 1 spiro atoms. The molecule has 0 saturated carbocycles. The maximum Gasteiger partial charge on any atom is 0.211 e. The molecule has 0 aromatic heterocycles. The molecule has 2 aliphatic heterocycles. The predicted octanol–water partition coefficient (Wildman–Crippen LogP) is 1.36. The maximum absolute atomic E-state index is 12.1. The summed E-state index contributed by atoms with van der Waals surface area (Å²) in [5.74, 6) is 0. The Hall–Kier alpha value is -0.950. The van der Waals surface area contributed by atoms with Crippen molar-refractivity contribution in [1.82, 2.24) is 9.21 Å².